The van der Waals surface area contributed by atoms with E-state index in [1.165, 1.54) is 0 Å². The molecule has 0 fully saturated rings. The van der Waals surface area contributed by atoms with Gasteiger partial charge in [0.2, 0.25) is 0 Å². The number of hydrogen-bond acceptors (Lipinski definition) is 3. The fourth-order valence-corrected chi connectivity index (χ4v) is 2.21. The topological polar surface area (TPSA) is 27.7 Å². The first-order valence-corrected chi connectivity index (χ1v) is 9.30. The minimum atomic E-state index is -1.57. The number of methoxy groups -OCH3 is 1. The first-order valence-electron chi connectivity index (χ1n) is 5.90. The Kier molecular flexibility index (Phi) is 7.03. The van der Waals surface area contributed by atoms with E-state index in [-0.39, 0.29) is 18.3 Å². The van der Waals surface area contributed by atoms with Gasteiger partial charge in [0.05, 0.1) is 0 Å². The molecule has 0 aromatic carbocycles. The zero-order chi connectivity index (χ0) is 13.5. The summed E-state index contributed by atoms with van der Waals surface area (Å²) >= 11 is 0. The molecule has 0 heterocycles. The Hall–Kier alpha value is -0.343. The smallest absolute Gasteiger partial charge is 0.185 e. The summed E-state index contributed by atoms with van der Waals surface area (Å²) in [6, 6.07) is 0. The van der Waals surface area contributed by atoms with Gasteiger partial charge in [-0.25, -0.2) is 0 Å². The Bertz CT molecular complexity index is 265. The molecule has 0 aliphatic rings. The Labute approximate surface area is 107 Å². The molecule has 0 saturated heterocycles. The van der Waals surface area contributed by atoms with Crippen LogP contribution in [-0.4, -0.2) is 34.9 Å². The minimum Gasteiger partial charge on any atom is -0.404 e. The van der Waals surface area contributed by atoms with Gasteiger partial charge in [-0.05, 0) is 25.1 Å². The lowest BCUT2D eigenvalue weighted by atomic mass is 9.90. The van der Waals surface area contributed by atoms with Crippen molar-refractivity contribution in [1.29, 1.82) is 0 Å². The fourth-order valence-electron chi connectivity index (χ4n) is 1.09. The van der Waals surface area contributed by atoms with Crippen LogP contribution in [0.1, 0.15) is 20.8 Å². The van der Waals surface area contributed by atoms with Crippen molar-refractivity contribution in [2.45, 2.75) is 46.5 Å². The largest absolute Gasteiger partial charge is 0.404 e. The summed E-state index contributed by atoms with van der Waals surface area (Å²) in [4.78, 5) is 0. The maximum atomic E-state index is 6.09. The predicted molar refractivity (Wildman–Crippen MR) is 73.3 cm³/mol. The van der Waals surface area contributed by atoms with E-state index in [1.54, 1.807) is 7.11 Å². The summed E-state index contributed by atoms with van der Waals surface area (Å²) in [7, 11) is 0.0235. The molecule has 0 amide bonds. The first-order chi connectivity index (χ1) is 7.67. The molecular formula is C13H26O3Si. The third-order valence-electron chi connectivity index (χ3n) is 1.87. The molecule has 0 saturated carbocycles. The Morgan fingerprint density at radius 1 is 1.18 bits per heavy atom. The van der Waals surface area contributed by atoms with Crippen LogP contribution in [0, 0.1) is 17.3 Å². The molecule has 0 aromatic heterocycles. The van der Waals surface area contributed by atoms with Gasteiger partial charge in [0.25, 0.3) is 0 Å². The SMILES string of the molecule is COCOCC#CC(O[Si](C)(C)C)C(C)(C)C. The van der Waals surface area contributed by atoms with Crippen LogP contribution in [0.15, 0.2) is 0 Å². The standard InChI is InChI=1S/C13H26O3Si/c1-13(2,3)12(16-17(5,6)7)9-8-10-15-11-14-4/h12H,10-11H2,1-7H3. The number of rotatable bonds is 5. The van der Waals surface area contributed by atoms with Crippen LogP contribution in [0.5, 0.6) is 0 Å². The molecule has 3 nitrogen and oxygen atoms in total. The maximum absolute atomic E-state index is 6.09. The molecule has 100 valence electrons. The highest BCUT2D eigenvalue weighted by Gasteiger charge is 2.28. The first kappa shape index (κ1) is 16.7. The molecule has 0 radical (unpaired) electrons. The van der Waals surface area contributed by atoms with Crippen molar-refractivity contribution in [1.82, 2.24) is 0 Å². The van der Waals surface area contributed by atoms with E-state index >= 15 is 0 Å². The van der Waals surface area contributed by atoms with Gasteiger partial charge in [-0.1, -0.05) is 32.6 Å². The third kappa shape index (κ3) is 9.37. The highest BCUT2D eigenvalue weighted by molar-refractivity contribution is 6.69. The molecule has 0 bridgehead atoms. The second-order valence-corrected chi connectivity index (χ2v) is 10.5. The molecule has 0 aliphatic heterocycles. The van der Waals surface area contributed by atoms with Crippen molar-refractivity contribution < 1.29 is 13.9 Å². The molecule has 17 heavy (non-hydrogen) atoms. The Morgan fingerprint density at radius 2 is 1.76 bits per heavy atom. The Balaban J connectivity index is 4.40. The molecule has 1 atom stereocenters. The quantitative estimate of drug-likeness (QED) is 0.328. The summed E-state index contributed by atoms with van der Waals surface area (Å²) in [5.41, 5.74) is 0.0224. The molecule has 4 heteroatoms. The van der Waals surface area contributed by atoms with E-state index in [4.69, 9.17) is 13.9 Å². The lowest BCUT2D eigenvalue weighted by Crippen LogP contribution is -2.38. The fraction of sp³-hybridized carbons (Fsp3) is 0.846. The highest BCUT2D eigenvalue weighted by atomic mass is 28.4. The lowest BCUT2D eigenvalue weighted by molar-refractivity contribution is -0.0167. The van der Waals surface area contributed by atoms with Gasteiger partial charge in [0, 0.05) is 7.11 Å². The zero-order valence-corrected chi connectivity index (χ0v) is 13.2. The Morgan fingerprint density at radius 3 is 2.18 bits per heavy atom. The zero-order valence-electron chi connectivity index (χ0n) is 12.2. The van der Waals surface area contributed by atoms with Crippen molar-refractivity contribution in [3.05, 3.63) is 0 Å². The summed E-state index contributed by atoms with van der Waals surface area (Å²) in [6.45, 7) is 13.6. The molecule has 0 rings (SSSR count). The third-order valence-corrected chi connectivity index (χ3v) is 2.81. The molecule has 0 aromatic rings. The van der Waals surface area contributed by atoms with Gasteiger partial charge in [-0.3, -0.25) is 0 Å². The highest BCUT2D eigenvalue weighted by Crippen LogP contribution is 2.24. The van der Waals surface area contributed by atoms with Crippen LogP contribution in [-0.2, 0) is 13.9 Å². The van der Waals surface area contributed by atoms with Crippen LogP contribution < -0.4 is 0 Å². The molecular weight excluding hydrogens is 232 g/mol. The van der Waals surface area contributed by atoms with E-state index in [1.807, 2.05) is 0 Å². The van der Waals surface area contributed by atoms with Crippen molar-refractivity contribution >= 4 is 8.32 Å². The van der Waals surface area contributed by atoms with Crippen molar-refractivity contribution in [2.75, 3.05) is 20.5 Å². The summed E-state index contributed by atoms with van der Waals surface area (Å²) in [6.07, 6.45) is -0.0414. The monoisotopic (exact) mass is 258 g/mol. The minimum absolute atomic E-state index is 0.0224. The average Bonchev–Trinajstić information content (AvgIpc) is 2.12. The van der Waals surface area contributed by atoms with Gasteiger partial charge in [0.1, 0.15) is 19.5 Å². The van der Waals surface area contributed by atoms with Gasteiger partial charge >= 0.3 is 0 Å². The van der Waals surface area contributed by atoms with E-state index in [9.17, 15) is 0 Å². The van der Waals surface area contributed by atoms with Crippen molar-refractivity contribution in [3.8, 4) is 11.8 Å². The van der Waals surface area contributed by atoms with Gasteiger partial charge in [0.15, 0.2) is 8.32 Å². The maximum Gasteiger partial charge on any atom is 0.185 e. The summed E-state index contributed by atoms with van der Waals surface area (Å²) in [5, 5.41) is 0. The van der Waals surface area contributed by atoms with E-state index in [0.29, 0.717) is 6.61 Å². The van der Waals surface area contributed by atoms with Crippen LogP contribution in [0.4, 0.5) is 0 Å². The molecule has 0 aliphatic carbocycles. The second kappa shape index (κ2) is 7.17. The molecule has 0 N–H and O–H groups in total. The van der Waals surface area contributed by atoms with Crippen LogP contribution in [0.2, 0.25) is 19.6 Å². The van der Waals surface area contributed by atoms with Crippen molar-refractivity contribution in [2.24, 2.45) is 5.41 Å². The van der Waals surface area contributed by atoms with E-state index in [0.717, 1.165) is 0 Å². The van der Waals surface area contributed by atoms with E-state index < -0.39 is 8.32 Å². The predicted octanol–water partition coefficient (Wildman–Crippen LogP) is 2.88. The van der Waals surface area contributed by atoms with E-state index in [2.05, 4.69) is 52.3 Å². The van der Waals surface area contributed by atoms with Gasteiger partial charge < -0.3 is 13.9 Å². The normalized spacial score (nSPS) is 14.1. The number of ether oxygens (including phenoxy) is 2. The average molecular weight is 258 g/mol. The molecule has 0 spiro atoms. The summed E-state index contributed by atoms with van der Waals surface area (Å²) in [5.74, 6) is 6.15. The lowest BCUT2D eigenvalue weighted by Gasteiger charge is -2.32. The van der Waals surface area contributed by atoms with Gasteiger partial charge in [-0.2, -0.15) is 0 Å². The number of hydrogen-bond donors (Lipinski definition) is 0. The van der Waals surface area contributed by atoms with Crippen LogP contribution in [0.3, 0.4) is 0 Å². The van der Waals surface area contributed by atoms with Gasteiger partial charge in [-0.15, -0.1) is 0 Å². The van der Waals surface area contributed by atoms with Crippen molar-refractivity contribution in [3.63, 3.8) is 0 Å². The molecule has 1 unspecified atom stereocenters. The second-order valence-electron chi connectivity index (χ2n) is 6.05. The summed E-state index contributed by atoms with van der Waals surface area (Å²) < 4.78 is 16.0. The van der Waals surface area contributed by atoms with Crippen LogP contribution >= 0.6 is 0 Å². The van der Waals surface area contributed by atoms with Crippen LogP contribution in [0.25, 0.3) is 0 Å².